The highest BCUT2D eigenvalue weighted by atomic mass is 35.5. The van der Waals surface area contributed by atoms with E-state index >= 15 is 0 Å². The Bertz CT molecular complexity index is 336. The third-order valence-corrected chi connectivity index (χ3v) is 2.46. The van der Waals surface area contributed by atoms with Gasteiger partial charge in [0.25, 0.3) is 0 Å². The van der Waals surface area contributed by atoms with E-state index in [1.807, 2.05) is 24.3 Å². The van der Waals surface area contributed by atoms with Crippen LogP contribution < -0.4 is 0 Å². The van der Waals surface area contributed by atoms with Crippen LogP contribution in [0.1, 0.15) is 31.7 Å². The van der Waals surface area contributed by atoms with E-state index in [0.717, 1.165) is 23.4 Å². The molecule has 0 fully saturated rings. The maximum absolute atomic E-state index is 10.7. The average molecular weight is 241 g/mol. The first kappa shape index (κ1) is 13.2. The van der Waals surface area contributed by atoms with Crippen LogP contribution in [0, 0.1) is 0 Å². The zero-order valence-electron chi connectivity index (χ0n) is 9.54. The molecule has 0 spiro atoms. The van der Waals surface area contributed by atoms with Crippen LogP contribution in [-0.4, -0.2) is 12.4 Å². The molecule has 0 saturated carbocycles. The number of carbonyl (C=O) groups excluding carboxylic acids is 1. The number of halogens is 1. The van der Waals surface area contributed by atoms with Gasteiger partial charge in [0.2, 0.25) is 0 Å². The van der Waals surface area contributed by atoms with Gasteiger partial charge < -0.3 is 9.53 Å². The molecule has 0 heterocycles. The maximum atomic E-state index is 10.7. The highest BCUT2D eigenvalue weighted by molar-refractivity contribution is 6.30. The lowest BCUT2D eigenvalue weighted by Gasteiger charge is -2.04. The van der Waals surface area contributed by atoms with Crippen molar-refractivity contribution in [1.29, 1.82) is 0 Å². The van der Waals surface area contributed by atoms with Crippen LogP contribution >= 0.6 is 11.6 Å². The fraction of sp³-hybridized carbons (Fsp3) is 0.462. The summed E-state index contributed by atoms with van der Waals surface area (Å²) in [6.45, 7) is 2.90. The molecule has 0 aliphatic carbocycles. The minimum atomic E-state index is 0.245. The second-order valence-electron chi connectivity index (χ2n) is 3.84. The molecule has 1 aromatic rings. The summed E-state index contributed by atoms with van der Waals surface area (Å²) in [5.41, 5.74) is 1.08. The molecular weight excluding hydrogens is 224 g/mol. The quantitative estimate of drug-likeness (QED) is 0.681. The normalized spacial score (nSPS) is 10.4. The van der Waals surface area contributed by atoms with Crippen LogP contribution in [0.15, 0.2) is 24.3 Å². The first-order valence-corrected chi connectivity index (χ1v) is 5.88. The van der Waals surface area contributed by atoms with Crippen molar-refractivity contribution in [3.05, 3.63) is 34.9 Å². The molecule has 1 rings (SSSR count). The van der Waals surface area contributed by atoms with E-state index in [0.29, 0.717) is 19.6 Å². The topological polar surface area (TPSA) is 26.3 Å². The number of ketones is 1. The lowest BCUT2D eigenvalue weighted by molar-refractivity contribution is -0.117. The predicted molar refractivity (Wildman–Crippen MR) is 65.6 cm³/mol. The molecule has 0 aromatic heterocycles. The molecule has 0 bridgehead atoms. The molecule has 16 heavy (non-hydrogen) atoms. The Balaban J connectivity index is 2.09. The van der Waals surface area contributed by atoms with Gasteiger partial charge in [-0.25, -0.2) is 0 Å². The molecule has 2 nitrogen and oxygen atoms in total. The predicted octanol–water partition coefficient (Wildman–Crippen LogP) is 3.62. The van der Waals surface area contributed by atoms with Crippen molar-refractivity contribution in [3.8, 4) is 0 Å². The molecule has 0 unspecified atom stereocenters. The number of carbonyl (C=O) groups is 1. The Morgan fingerprint density at radius 2 is 2.19 bits per heavy atom. The molecule has 0 N–H and O–H groups in total. The summed E-state index contributed by atoms with van der Waals surface area (Å²) in [5, 5.41) is 0.734. The zero-order chi connectivity index (χ0) is 11.8. The van der Waals surface area contributed by atoms with Gasteiger partial charge in [-0.3, -0.25) is 0 Å². The summed E-state index contributed by atoms with van der Waals surface area (Å²) in [7, 11) is 0. The molecule has 0 atom stereocenters. The van der Waals surface area contributed by atoms with Crippen LogP contribution in [0.3, 0.4) is 0 Å². The Morgan fingerprint density at radius 3 is 2.88 bits per heavy atom. The molecule has 3 heteroatoms. The Kier molecular flexibility index (Phi) is 6.12. The van der Waals surface area contributed by atoms with Gasteiger partial charge in [0.05, 0.1) is 6.61 Å². The summed E-state index contributed by atoms with van der Waals surface area (Å²) in [4.78, 5) is 10.7. The number of unbranched alkanes of at least 4 members (excludes halogenated alkanes) is 1. The van der Waals surface area contributed by atoms with Gasteiger partial charge in [-0.2, -0.15) is 0 Å². The van der Waals surface area contributed by atoms with Crippen molar-refractivity contribution in [2.24, 2.45) is 0 Å². The number of ether oxygens (including phenoxy) is 1. The largest absolute Gasteiger partial charge is 0.377 e. The van der Waals surface area contributed by atoms with Crippen molar-refractivity contribution in [1.82, 2.24) is 0 Å². The van der Waals surface area contributed by atoms with Crippen molar-refractivity contribution in [2.45, 2.75) is 32.8 Å². The molecule has 1 aromatic carbocycles. The molecule has 0 radical (unpaired) electrons. The molecular formula is C13H17ClO2. The first-order valence-electron chi connectivity index (χ1n) is 5.50. The third-order valence-electron chi connectivity index (χ3n) is 2.23. The van der Waals surface area contributed by atoms with Crippen molar-refractivity contribution in [2.75, 3.05) is 6.61 Å². The monoisotopic (exact) mass is 240 g/mol. The Hall–Kier alpha value is -0.860. The molecule has 0 aliphatic rings. The van der Waals surface area contributed by atoms with Gasteiger partial charge in [-0.1, -0.05) is 23.7 Å². The molecule has 88 valence electrons. The zero-order valence-corrected chi connectivity index (χ0v) is 10.3. The number of hydrogen-bond acceptors (Lipinski definition) is 2. The minimum Gasteiger partial charge on any atom is -0.377 e. The van der Waals surface area contributed by atoms with Gasteiger partial charge in [0.15, 0.2) is 0 Å². The lowest BCUT2D eigenvalue weighted by Crippen LogP contribution is -1.97. The van der Waals surface area contributed by atoms with Crippen LogP contribution in [-0.2, 0) is 16.1 Å². The average Bonchev–Trinajstić information content (AvgIpc) is 2.23. The molecule has 0 aliphatic heterocycles. The smallest absolute Gasteiger partial charge is 0.129 e. The van der Waals surface area contributed by atoms with Gasteiger partial charge >= 0.3 is 0 Å². The van der Waals surface area contributed by atoms with E-state index < -0.39 is 0 Å². The number of benzene rings is 1. The maximum Gasteiger partial charge on any atom is 0.129 e. The van der Waals surface area contributed by atoms with Crippen molar-refractivity contribution < 1.29 is 9.53 Å². The summed E-state index contributed by atoms with van der Waals surface area (Å²) in [6.07, 6.45) is 2.49. The molecule has 0 amide bonds. The SMILES string of the molecule is CC(=O)CCCCOCc1cccc(Cl)c1. The summed E-state index contributed by atoms with van der Waals surface area (Å²) < 4.78 is 5.49. The highest BCUT2D eigenvalue weighted by Crippen LogP contribution is 2.11. The second-order valence-corrected chi connectivity index (χ2v) is 4.28. The minimum absolute atomic E-state index is 0.245. The van der Waals surface area contributed by atoms with E-state index in [2.05, 4.69) is 0 Å². The van der Waals surface area contributed by atoms with Gasteiger partial charge in [0.1, 0.15) is 5.78 Å². The fourth-order valence-electron chi connectivity index (χ4n) is 1.39. The Morgan fingerprint density at radius 1 is 1.38 bits per heavy atom. The van der Waals surface area contributed by atoms with E-state index in [9.17, 15) is 4.79 Å². The van der Waals surface area contributed by atoms with Gasteiger partial charge in [0, 0.05) is 18.1 Å². The summed E-state index contributed by atoms with van der Waals surface area (Å²) in [5.74, 6) is 0.245. The van der Waals surface area contributed by atoms with E-state index in [4.69, 9.17) is 16.3 Å². The summed E-state index contributed by atoms with van der Waals surface area (Å²) >= 11 is 5.85. The van der Waals surface area contributed by atoms with Gasteiger partial charge in [-0.05, 0) is 37.5 Å². The first-order chi connectivity index (χ1) is 7.68. The van der Waals surface area contributed by atoms with Crippen LogP contribution in [0.5, 0.6) is 0 Å². The highest BCUT2D eigenvalue weighted by Gasteiger charge is 1.96. The van der Waals surface area contributed by atoms with Gasteiger partial charge in [-0.15, -0.1) is 0 Å². The number of rotatable bonds is 7. The van der Waals surface area contributed by atoms with Crippen molar-refractivity contribution >= 4 is 17.4 Å². The number of hydrogen-bond donors (Lipinski definition) is 0. The van der Waals surface area contributed by atoms with E-state index in [1.165, 1.54) is 0 Å². The van der Waals surface area contributed by atoms with E-state index in [1.54, 1.807) is 6.92 Å². The fourth-order valence-corrected chi connectivity index (χ4v) is 1.61. The number of Topliss-reactive ketones (excluding diaryl/α,β-unsaturated/α-hetero) is 1. The molecule has 0 saturated heterocycles. The standard InChI is InChI=1S/C13H17ClO2/c1-11(15)5-2-3-8-16-10-12-6-4-7-13(14)9-12/h4,6-7,9H,2-3,5,8,10H2,1H3. The summed E-state index contributed by atoms with van der Waals surface area (Å²) in [6, 6.07) is 7.65. The lowest BCUT2D eigenvalue weighted by atomic mass is 10.2. The Labute approximate surface area is 102 Å². The third kappa shape index (κ3) is 5.89. The van der Waals surface area contributed by atoms with Crippen molar-refractivity contribution in [3.63, 3.8) is 0 Å². The second kappa shape index (κ2) is 7.42. The van der Waals surface area contributed by atoms with Crippen LogP contribution in [0.2, 0.25) is 5.02 Å². The van der Waals surface area contributed by atoms with Crippen LogP contribution in [0.4, 0.5) is 0 Å². The van der Waals surface area contributed by atoms with Crippen LogP contribution in [0.25, 0.3) is 0 Å². The van der Waals surface area contributed by atoms with E-state index in [-0.39, 0.29) is 5.78 Å².